The number of carboxylic acid groups (broad SMARTS) is 1. The summed E-state index contributed by atoms with van der Waals surface area (Å²) in [6.07, 6.45) is 49.1. The number of carbonyl (C=O) groups is 4. The molecule has 0 aliphatic rings. The molecule has 0 aliphatic carbocycles. The predicted octanol–water partition coefficient (Wildman–Crippen LogP) is 11.8. The normalized spacial score (nSPS) is 12.8. The quantitative estimate of drug-likeness (QED) is 0.0273. The van der Waals surface area contributed by atoms with Crippen LogP contribution in [0.3, 0.4) is 0 Å². The van der Waals surface area contributed by atoms with Gasteiger partial charge in [-0.15, -0.1) is 0 Å². The average molecular weight is 803 g/mol. The van der Waals surface area contributed by atoms with Gasteiger partial charge < -0.3 is 25.6 Å². The molecule has 0 saturated heterocycles. The number of aliphatic hydroxyl groups excluding tert-OH is 1. The van der Waals surface area contributed by atoms with Crippen molar-refractivity contribution in [3.8, 4) is 0 Å². The van der Waals surface area contributed by atoms with Crippen LogP contribution in [0, 0.1) is 0 Å². The van der Waals surface area contributed by atoms with Crippen LogP contribution >= 0.6 is 0 Å². The van der Waals surface area contributed by atoms with Crippen LogP contribution in [0.25, 0.3) is 0 Å². The highest BCUT2D eigenvalue weighted by molar-refractivity contribution is 5.87. The van der Waals surface area contributed by atoms with Crippen LogP contribution in [0.2, 0.25) is 0 Å². The molecular formula is C48H86N2O7. The first-order valence-electron chi connectivity index (χ1n) is 23.4. The fourth-order valence-corrected chi connectivity index (χ4v) is 6.71. The van der Waals surface area contributed by atoms with Crippen molar-refractivity contribution in [2.75, 3.05) is 13.2 Å². The number of esters is 1. The van der Waals surface area contributed by atoms with Gasteiger partial charge in [-0.1, -0.05) is 166 Å². The molecule has 0 aromatic rings. The summed E-state index contributed by atoms with van der Waals surface area (Å²) in [4.78, 5) is 47.6. The molecular weight excluding hydrogens is 717 g/mol. The molecule has 330 valence electrons. The molecule has 0 bridgehead atoms. The zero-order chi connectivity index (χ0) is 41.9. The number of hydrogen-bond acceptors (Lipinski definition) is 6. The zero-order valence-electron chi connectivity index (χ0n) is 36.6. The second kappa shape index (κ2) is 42.7. The summed E-state index contributed by atoms with van der Waals surface area (Å²) in [6, 6.07) is -1.39. The number of rotatable bonds is 42. The number of aliphatic carboxylic acids is 1. The smallest absolute Gasteiger partial charge is 0.328 e. The van der Waals surface area contributed by atoms with Crippen LogP contribution in [-0.4, -0.2) is 59.3 Å². The van der Waals surface area contributed by atoms with E-state index in [1.54, 1.807) is 0 Å². The molecule has 0 aliphatic heterocycles. The molecule has 4 N–H and O–H groups in total. The van der Waals surface area contributed by atoms with Crippen LogP contribution < -0.4 is 10.6 Å². The highest BCUT2D eigenvalue weighted by atomic mass is 16.5. The lowest BCUT2D eigenvalue weighted by Crippen LogP contribution is -2.47. The second-order valence-corrected chi connectivity index (χ2v) is 15.8. The summed E-state index contributed by atoms with van der Waals surface area (Å²) in [7, 11) is 0. The van der Waals surface area contributed by atoms with Gasteiger partial charge in [-0.2, -0.15) is 0 Å². The van der Waals surface area contributed by atoms with E-state index in [1.165, 1.54) is 128 Å². The second-order valence-electron chi connectivity index (χ2n) is 15.8. The van der Waals surface area contributed by atoms with Crippen LogP contribution in [0.4, 0.5) is 0 Å². The lowest BCUT2D eigenvalue weighted by atomic mass is 10.0. The Morgan fingerprint density at radius 1 is 0.544 bits per heavy atom. The Labute approximate surface area is 348 Å². The Bertz CT molecular complexity index is 1060. The first kappa shape index (κ1) is 54.1. The number of nitrogens with one attached hydrogen (secondary N) is 2. The fourth-order valence-electron chi connectivity index (χ4n) is 6.71. The molecule has 9 nitrogen and oxygen atoms in total. The molecule has 2 amide bonds. The maximum absolute atomic E-state index is 12.8. The highest BCUT2D eigenvalue weighted by Crippen LogP contribution is 2.16. The number of allylic oxidation sites excluding steroid dienone is 5. The first-order valence-corrected chi connectivity index (χ1v) is 23.4. The largest absolute Gasteiger partial charge is 0.480 e. The summed E-state index contributed by atoms with van der Waals surface area (Å²) < 4.78 is 5.93. The summed E-state index contributed by atoms with van der Waals surface area (Å²) in [5.41, 5.74) is 0. The van der Waals surface area contributed by atoms with E-state index in [9.17, 15) is 19.2 Å². The van der Waals surface area contributed by atoms with E-state index >= 15 is 0 Å². The van der Waals surface area contributed by atoms with E-state index in [0.717, 1.165) is 57.8 Å². The summed E-state index contributed by atoms with van der Waals surface area (Å²) in [6.45, 7) is 3.44. The number of ether oxygens (including phenoxy) is 1. The van der Waals surface area contributed by atoms with Crippen molar-refractivity contribution in [1.82, 2.24) is 10.6 Å². The van der Waals surface area contributed by atoms with Crippen molar-refractivity contribution in [2.24, 2.45) is 0 Å². The molecule has 0 radical (unpaired) electrons. The summed E-state index contributed by atoms with van der Waals surface area (Å²) in [5, 5.41) is 22.6. The van der Waals surface area contributed by atoms with Crippen molar-refractivity contribution < 1.29 is 34.1 Å². The number of amides is 2. The minimum Gasteiger partial charge on any atom is -0.480 e. The topological polar surface area (TPSA) is 142 Å². The third kappa shape index (κ3) is 39.7. The Kier molecular flexibility index (Phi) is 40.5. The Morgan fingerprint density at radius 3 is 1.51 bits per heavy atom. The van der Waals surface area contributed by atoms with Gasteiger partial charge in [-0.05, 0) is 76.7 Å². The average Bonchev–Trinajstić information content (AvgIpc) is 3.20. The molecule has 2 atom stereocenters. The van der Waals surface area contributed by atoms with Gasteiger partial charge in [-0.25, -0.2) is 4.79 Å². The van der Waals surface area contributed by atoms with Gasteiger partial charge in [-0.3, -0.25) is 14.4 Å². The maximum atomic E-state index is 12.8. The van der Waals surface area contributed by atoms with Gasteiger partial charge >= 0.3 is 11.9 Å². The van der Waals surface area contributed by atoms with Crippen molar-refractivity contribution in [2.45, 2.75) is 231 Å². The molecule has 0 saturated carbocycles. The number of carbonyl (C=O) groups excluding carboxylic acids is 3. The zero-order valence-corrected chi connectivity index (χ0v) is 36.6. The van der Waals surface area contributed by atoms with Gasteiger partial charge in [0.2, 0.25) is 11.8 Å². The molecule has 0 aromatic carbocycles. The number of unbranched alkanes of at least 4 members (excludes halogenated alkanes) is 24. The molecule has 0 spiro atoms. The molecule has 2 unspecified atom stereocenters. The monoisotopic (exact) mass is 803 g/mol. The van der Waals surface area contributed by atoms with Gasteiger partial charge in [0.1, 0.15) is 12.1 Å². The van der Waals surface area contributed by atoms with Gasteiger partial charge in [0.05, 0.1) is 13.2 Å². The van der Waals surface area contributed by atoms with E-state index in [0.29, 0.717) is 12.8 Å². The molecule has 0 aromatic heterocycles. The van der Waals surface area contributed by atoms with Gasteiger partial charge in [0, 0.05) is 12.8 Å². The molecule has 9 heteroatoms. The number of carboxylic acids is 1. The van der Waals surface area contributed by atoms with E-state index in [4.69, 9.17) is 14.9 Å². The minimum absolute atomic E-state index is 0.113. The third-order valence-electron chi connectivity index (χ3n) is 10.3. The predicted molar refractivity (Wildman–Crippen MR) is 236 cm³/mol. The maximum Gasteiger partial charge on any atom is 0.328 e. The van der Waals surface area contributed by atoms with E-state index < -0.39 is 24.5 Å². The molecule has 0 rings (SSSR count). The lowest BCUT2D eigenvalue weighted by Gasteiger charge is -2.15. The fraction of sp³-hybridized carbons (Fsp3) is 0.792. The number of aliphatic hydroxyl groups is 1. The SMILES string of the molecule is CCCCCCC/C=C\C/C=C\CCCCCCCCCCCC(=O)OC(/C=C\CCCCCCCCC)CCCCCCC(=O)NCC(=O)NC(CO)C(=O)O. The Balaban J connectivity index is 4.21. The van der Waals surface area contributed by atoms with Crippen LogP contribution in [-0.2, 0) is 23.9 Å². The van der Waals surface area contributed by atoms with Crippen molar-refractivity contribution in [1.29, 1.82) is 0 Å². The van der Waals surface area contributed by atoms with Gasteiger partial charge in [0.15, 0.2) is 0 Å². The molecule has 57 heavy (non-hydrogen) atoms. The molecule has 0 heterocycles. The summed E-state index contributed by atoms with van der Waals surface area (Å²) >= 11 is 0. The molecule has 0 fully saturated rings. The lowest BCUT2D eigenvalue weighted by molar-refractivity contribution is -0.147. The van der Waals surface area contributed by atoms with Crippen molar-refractivity contribution in [3.63, 3.8) is 0 Å². The Morgan fingerprint density at radius 2 is 1.00 bits per heavy atom. The standard InChI is InChI=1S/C48H86N2O7/c1-3-5-7-9-11-13-14-15-16-17-18-19-20-21-22-23-24-26-28-30-36-40-47(54)57-43(37-33-29-27-25-12-10-8-6-4-2)38-34-31-32-35-39-45(52)49-41-46(53)50-44(42-51)48(55)56/h14-15,17-18,33,37,43-44,51H,3-13,16,19-32,34-36,38-42H2,1-2H3,(H,49,52)(H,50,53)(H,55,56)/b15-14-,18-17-,37-33-. The van der Waals surface area contributed by atoms with Crippen LogP contribution in [0.15, 0.2) is 36.5 Å². The van der Waals surface area contributed by atoms with Crippen molar-refractivity contribution in [3.05, 3.63) is 36.5 Å². The van der Waals surface area contributed by atoms with E-state index in [-0.39, 0.29) is 30.9 Å². The van der Waals surface area contributed by atoms with Gasteiger partial charge in [0.25, 0.3) is 0 Å². The third-order valence-corrected chi connectivity index (χ3v) is 10.3. The number of hydrogen-bond donors (Lipinski definition) is 4. The first-order chi connectivity index (χ1) is 27.8. The Hall–Kier alpha value is -2.94. The summed E-state index contributed by atoms with van der Waals surface area (Å²) in [5.74, 6) is -2.39. The highest BCUT2D eigenvalue weighted by Gasteiger charge is 2.18. The van der Waals surface area contributed by atoms with E-state index in [1.807, 2.05) is 0 Å². The minimum atomic E-state index is -1.39. The van der Waals surface area contributed by atoms with E-state index in [2.05, 4.69) is 60.9 Å². The van der Waals surface area contributed by atoms with Crippen LogP contribution in [0.5, 0.6) is 0 Å². The van der Waals surface area contributed by atoms with Crippen LogP contribution in [0.1, 0.15) is 219 Å². The van der Waals surface area contributed by atoms with Crippen molar-refractivity contribution >= 4 is 23.8 Å².